The quantitative estimate of drug-likeness (QED) is 0.648. The number of sulfone groups is 1. The number of hydrogen-bond acceptors (Lipinski definition) is 3. The minimum absolute atomic E-state index is 0.411. The molecule has 0 saturated heterocycles. The van der Waals surface area contributed by atoms with E-state index in [0.29, 0.717) is 6.07 Å². The summed E-state index contributed by atoms with van der Waals surface area (Å²) in [5.41, 5.74) is 4.77. The molecule has 16 heavy (non-hydrogen) atoms. The molecule has 0 unspecified atom stereocenters. The number of nitrogens with two attached hydrogens (primary N) is 1. The Labute approximate surface area is 88.8 Å². The largest absolute Gasteiger partial charge is 0.403 e. The molecular formula is C8H7F4NO2S. The van der Waals surface area contributed by atoms with E-state index in [1.54, 1.807) is 0 Å². The van der Waals surface area contributed by atoms with Crippen LogP contribution in [0.1, 0.15) is 0 Å². The Bertz CT molecular complexity index is 495. The molecule has 0 heterocycles. The van der Waals surface area contributed by atoms with Crippen LogP contribution in [-0.4, -0.2) is 20.3 Å². The maximum absolute atomic E-state index is 12.7. The summed E-state index contributed by atoms with van der Waals surface area (Å²) in [5.74, 6) is -3.02. The van der Waals surface area contributed by atoms with E-state index in [9.17, 15) is 26.0 Å². The van der Waals surface area contributed by atoms with Gasteiger partial charge in [0.15, 0.2) is 15.6 Å². The molecule has 0 aromatic heterocycles. The maximum Gasteiger partial charge on any atom is 0.403 e. The lowest BCUT2D eigenvalue weighted by Crippen LogP contribution is -2.23. The number of benzene rings is 1. The first-order valence-corrected chi connectivity index (χ1v) is 5.61. The number of alkyl halides is 3. The molecule has 1 aromatic carbocycles. The summed E-state index contributed by atoms with van der Waals surface area (Å²) in [6.07, 6.45) is -4.89. The second-order valence-electron chi connectivity index (χ2n) is 3.06. The van der Waals surface area contributed by atoms with Crippen LogP contribution in [0.2, 0.25) is 0 Å². The standard InChI is InChI=1S/C8H7F4NO2S/c9-5-1-2-6(13)7(3-5)16(14,15)4-8(10,11)12/h1-3H,4,13H2. The van der Waals surface area contributed by atoms with Gasteiger partial charge in [-0.25, -0.2) is 12.8 Å². The van der Waals surface area contributed by atoms with Gasteiger partial charge in [0.05, 0.1) is 10.6 Å². The van der Waals surface area contributed by atoms with Gasteiger partial charge in [-0.3, -0.25) is 0 Å². The normalized spacial score (nSPS) is 12.8. The lowest BCUT2D eigenvalue weighted by atomic mass is 10.3. The highest BCUT2D eigenvalue weighted by Crippen LogP contribution is 2.26. The zero-order chi connectivity index (χ0) is 12.6. The molecule has 0 aliphatic carbocycles. The molecule has 0 spiro atoms. The molecule has 1 aromatic rings. The summed E-state index contributed by atoms with van der Waals surface area (Å²) in [6, 6.07) is 2.23. The molecule has 0 aliphatic heterocycles. The van der Waals surface area contributed by atoms with Gasteiger partial charge in [-0.05, 0) is 18.2 Å². The number of rotatable bonds is 2. The van der Waals surface area contributed by atoms with Gasteiger partial charge < -0.3 is 5.73 Å². The van der Waals surface area contributed by atoms with Crippen molar-refractivity contribution in [1.82, 2.24) is 0 Å². The minimum atomic E-state index is -4.89. The molecule has 0 saturated carbocycles. The van der Waals surface area contributed by atoms with Gasteiger partial charge in [0.1, 0.15) is 5.82 Å². The molecule has 1 rings (SSSR count). The second-order valence-corrected chi connectivity index (χ2v) is 5.01. The van der Waals surface area contributed by atoms with Crippen LogP contribution < -0.4 is 5.73 Å². The Morgan fingerprint density at radius 3 is 2.31 bits per heavy atom. The van der Waals surface area contributed by atoms with Crippen molar-refractivity contribution in [2.45, 2.75) is 11.1 Å². The van der Waals surface area contributed by atoms with Gasteiger partial charge in [-0.15, -0.1) is 0 Å². The second kappa shape index (κ2) is 3.93. The van der Waals surface area contributed by atoms with Gasteiger partial charge in [0.25, 0.3) is 0 Å². The molecule has 2 N–H and O–H groups in total. The molecule has 0 bridgehead atoms. The highest BCUT2D eigenvalue weighted by molar-refractivity contribution is 7.91. The molecule has 0 atom stereocenters. The molecule has 0 radical (unpaired) electrons. The molecule has 3 nitrogen and oxygen atoms in total. The van der Waals surface area contributed by atoms with Crippen LogP contribution in [0.3, 0.4) is 0 Å². The summed E-state index contributed by atoms with van der Waals surface area (Å²) in [7, 11) is -4.66. The maximum atomic E-state index is 12.7. The van der Waals surface area contributed by atoms with Crippen LogP contribution in [0.15, 0.2) is 23.1 Å². The zero-order valence-electron chi connectivity index (χ0n) is 7.75. The van der Waals surface area contributed by atoms with E-state index in [1.165, 1.54) is 0 Å². The SMILES string of the molecule is Nc1ccc(F)cc1S(=O)(=O)CC(F)(F)F. The minimum Gasteiger partial charge on any atom is -0.398 e. The fourth-order valence-corrected chi connectivity index (χ4v) is 2.38. The lowest BCUT2D eigenvalue weighted by molar-refractivity contribution is -0.106. The van der Waals surface area contributed by atoms with Crippen LogP contribution in [-0.2, 0) is 9.84 Å². The highest BCUT2D eigenvalue weighted by atomic mass is 32.2. The van der Waals surface area contributed by atoms with Crippen LogP contribution >= 0.6 is 0 Å². The summed E-state index contributed by atoms with van der Waals surface area (Å²) >= 11 is 0. The average molecular weight is 257 g/mol. The Balaban J connectivity index is 3.22. The van der Waals surface area contributed by atoms with E-state index >= 15 is 0 Å². The fraction of sp³-hybridized carbons (Fsp3) is 0.250. The van der Waals surface area contributed by atoms with Crippen molar-refractivity contribution < 1.29 is 26.0 Å². The van der Waals surface area contributed by atoms with E-state index in [2.05, 4.69) is 0 Å². The van der Waals surface area contributed by atoms with Crippen molar-refractivity contribution in [3.8, 4) is 0 Å². The predicted octanol–water partition coefficient (Wildman–Crippen LogP) is 1.74. The Morgan fingerprint density at radius 2 is 1.81 bits per heavy atom. The lowest BCUT2D eigenvalue weighted by Gasteiger charge is -2.09. The van der Waals surface area contributed by atoms with E-state index in [4.69, 9.17) is 5.73 Å². The Kier molecular flexibility index (Phi) is 3.13. The van der Waals surface area contributed by atoms with Crippen molar-refractivity contribution in [3.63, 3.8) is 0 Å². The van der Waals surface area contributed by atoms with Crippen LogP contribution in [0, 0.1) is 5.82 Å². The Hall–Kier alpha value is -1.31. The van der Waals surface area contributed by atoms with Gasteiger partial charge in [-0.1, -0.05) is 0 Å². The van der Waals surface area contributed by atoms with Crippen molar-refractivity contribution in [1.29, 1.82) is 0 Å². The van der Waals surface area contributed by atoms with E-state index in [0.717, 1.165) is 12.1 Å². The molecule has 8 heteroatoms. The van der Waals surface area contributed by atoms with Crippen LogP contribution in [0.4, 0.5) is 23.2 Å². The van der Waals surface area contributed by atoms with Crippen molar-refractivity contribution in [2.24, 2.45) is 0 Å². The third kappa shape index (κ3) is 3.09. The van der Waals surface area contributed by atoms with Gasteiger partial charge in [0.2, 0.25) is 0 Å². The predicted molar refractivity (Wildman–Crippen MR) is 48.9 cm³/mol. The zero-order valence-corrected chi connectivity index (χ0v) is 8.57. The summed E-state index contributed by atoms with van der Waals surface area (Å²) in [4.78, 5) is -0.843. The summed E-state index contributed by atoms with van der Waals surface area (Å²) in [6.45, 7) is 0. The van der Waals surface area contributed by atoms with Crippen molar-refractivity contribution in [2.75, 3.05) is 11.5 Å². The van der Waals surface area contributed by atoms with Gasteiger partial charge in [0, 0.05) is 0 Å². The smallest absolute Gasteiger partial charge is 0.398 e. The first-order valence-electron chi connectivity index (χ1n) is 3.96. The number of anilines is 1. The molecule has 0 amide bonds. The molecular weight excluding hydrogens is 250 g/mol. The van der Waals surface area contributed by atoms with E-state index in [-0.39, 0.29) is 0 Å². The van der Waals surface area contributed by atoms with Crippen molar-refractivity contribution >= 4 is 15.5 Å². The molecule has 0 aliphatic rings. The fourth-order valence-electron chi connectivity index (χ4n) is 1.07. The molecule has 90 valence electrons. The Morgan fingerprint density at radius 1 is 1.25 bits per heavy atom. The highest BCUT2D eigenvalue weighted by Gasteiger charge is 2.36. The topological polar surface area (TPSA) is 60.2 Å². The van der Waals surface area contributed by atoms with E-state index in [1.807, 2.05) is 0 Å². The number of halogens is 4. The number of nitrogen functional groups attached to an aromatic ring is 1. The van der Waals surface area contributed by atoms with Crippen molar-refractivity contribution in [3.05, 3.63) is 24.0 Å². The summed E-state index contributed by atoms with van der Waals surface area (Å²) in [5, 5.41) is 0. The number of hydrogen-bond donors (Lipinski definition) is 1. The van der Waals surface area contributed by atoms with Gasteiger partial charge >= 0.3 is 6.18 Å². The van der Waals surface area contributed by atoms with Crippen LogP contribution in [0.5, 0.6) is 0 Å². The molecule has 0 fully saturated rings. The average Bonchev–Trinajstić information content (AvgIpc) is 2.04. The van der Waals surface area contributed by atoms with Gasteiger partial charge in [-0.2, -0.15) is 13.2 Å². The van der Waals surface area contributed by atoms with Crippen LogP contribution in [0.25, 0.3) is 0 Å². The first-order chi connectivity index (χ1) is 7.12. The monoisotopic (exact) mass is 257 g/mol. The third-order valence-electron chi connectivity index (χ3n) is 1.66. The van der Waals surface area contributed by atoms with E-state index < -0.39 is 38.2 Å². The first kappa shape index (κ1) is 12.8. The third-order valence-corrected chi connectivity index (χ3v) is 3.40. The summed E-state index contributed by atoms with van der Waals surface area (Å²) < 4.78 is 71.1.